The van der Waals surface area contributed by atoms with Gasteiger partial charge < -0.3 is 5.32 Å². The van der Waals surface area contributed by atoms with Gasteiger partial charge in [0.15, 0.2) is 0 Å². The van der Waals surface area contributed by atoms with Crippen molar-refractivity contribution in [2.24, 2.45) is 0 Å². The van der Waals surface area contributed by atoms with Gasteiger partial charge in [0.25, 0.3) is 0 Å². The average Bonchev–Trinajstić information content (AvgIpc) is 2.15. The molecule has 0 amide bonds. The highest BCUT2D eigenvalue weighted by atomic mass is 19.4. The van der Waals surface area contributed by atoms with Gasteiger partial charge >= 0.3 is 6.18 Å². The third-order valence-electron chi connectivity index (χ3n) is 2.66. The molecule has 0 saturated carbocycles. The first kappa shape index (κ1) is 10.5. The number of nitrogens with one attached hydrogen (secondary N) is 1. The molecule has 1 N–H and O–H groups in total. The zero-order valence-electron chi connectivity index (χ0n) is 8.41. The molecule has 0 radical (unpaired) electrons. The van der Waals surface area contributed by atoms with Crippen LogP contribution in [0.15, 0.2) is 12.1 Å². The molecule has 0 bridgehead atoms. The van der Waals surface area contributed by atoms with Crippen molar-refractivity contribution < 1.29 is 13.2 Å². The number of alkyl halides is 3. The maximum Gasteiger partial charge on any atom is 0.416 e. The molecule has 0 atom stereocenters. The molecule has 1 aromatic carbocycles. The summed E-state index contributed by atoms with van der Waals surface area (Å²) in [6.45, 7) is 2.79. The second-order valence-electron chi connectivity index (χ2n) is 3.87. The summed E-state index contributed by atoms with van der Waals surface area (Å²) in [6.07, 6.45) is -3.56. The van der Waals surface area contributed by atoms with E-state index in [1.54, 1.807) is 6.92 Å². The van der Waals surface area contributed by atoms with Crippen molar-refractivity contribution in [1.29, 1.82) is 0 Å². The summed E-state index contributed by atoms with van der Waals surface area (Å²) in [5.41, 5.74) is 1.45. The van der Waals surface area contributed by atoms with Crippen molar-refractivity contribution in [3.05, 3.63) is 34.4 Å². The zero-order valence-corrected chi connectivity index (χ0v) is 8.41. The highest BCUT2D eigenvalue weighted by molar-refractivity contribution is 5.41. The van der Waals surface area contributed by atoms with Gasteiger partial charge in [-0.1, -0.05) is 11.6 Å². The van der Waals surface area contributed by atoms with E-state index < -0.39 is 11.7 Å². The summed E-state index contributed by atoms with van der Waals surface area (Å²) in [7, 11) is 0. The van der Waals surface area contributed by atoms with Crippen LogP contribution in [0.4, 0.5) is 13.2 Å². The normalized spacial score (nSPS) is 16.3. The van der Waals surface area contributed by atoms with Crippen LogP contribution in [-0.2, 0) is 19.1 Å². The molecule has 0 fully saturated rings. The molecule has 1 aliphatic rings. The van der Waals surface area contributed by atoms with E-state index in [-0.39, 0.29) is 0 Å². The van der Waals surface area contributed by atoms with Crippen molar-refractivity contribution in [2.45, 2.75) is 26.1 Å². The number of hydrogen-bond donors (Lipinski definition) is 1. The molecule has 0 aromatic heterocycles. The molecule has 15 heavy (non-hydrogen) atoms. The van der Waals surface area contributed by atoms with Crippen LogP contribution >= 0.6 is 0 Å². The SMILES string of the molecule is Cc1cc2c(c(C(F)(F)F)c1)CNCC2. The third kappa shape index (κ3) is 2.00. The topological polar surface area (TPSA) is 12.0 Å². The fourth-order valence-corrected chi connectivity index (χ4v) is 2.01. The third-order valence-corrected chi connectivity index (χ3v) is 2.66. The second kappa shape index (κ2) is 3.52. The zero-order chi connectivity index (χ0) is 11.1. The van der Waals surface area contributed by atoms with Gasteiger partial charge in [-0.05, 0) is 37.1 Å². The lowest BCUT2D eigenvalue weighted by Gasteiger charge is -2.22. The van der Waals surface area contributed by atoms with Gasteiger partial charge in [0, 0.05) is 6.54 Å². The van der Waals surface area contributed by atoms with Crippen LogP contribution in [0.2, 0.25) is 0 Å². The Kier molecular flexibility index (Phi) is 2.46. The number of halogens is 3. The Morgan fingerprint density at radius 1 is 1.27 bits per heavy atom. The summed E-state index contributed by atoms with van der Waals surface area (Å²) >= 11 is 0. The molecule has 1 nitrogen and oxygen atoms in total. The Morgan fingerprint density at radius 3 is 2.67 bits per heavy atom. The lowest BCUT2D eigenvalue weighted by atomic mass is 9.93. The van der Waals surface area contributed by atoms with E-state index in [9.17, 15) is 13.2 Å². The van der Waals surface area contributed by atoms with Gasteiger partial charge in [0.1, 0.15) is 0 Å². The Labute approximate surface area is 86.3 Å². The first-order chi connectivity index (χ1) is 6.98. The van der Waals surface area contributed by atoms with E-state index >= 15 is 0 Å². The Bertz CT molecular complexity index is 382. The van der Waals surface area contributed by atoms with Crippen molar-refractivity contribution in [2.75, 3.05) is 6.54 Å². The van der Waals surface area contributed by atoms with Gasteiger partial charge in [0.2, 0.25) is 0 Å². The number of fused-ring (bicyclic) bond motifs is 1. The van der Waals surface area contributed by atoms with Crippen molar-refractivity contribution >= 4 is 0 Å². The van der Waals surface area contributed by atoms with Crippen molar-refractivity contribution in [1.82, 2.24) is 5.32 Å². The van der Waals surface area contributed by atoms with Gasteiger partial charge in [-0.3, -0.25) is 0 Å². The van der Waals surface area contributed by atoms with Crippen LogP contribution in [-0.4, -0.2) is 6.54 Å². The quantitative estimate of drug-likeness (QED) is 0.701. The predicted octanol–water partition coefficient (Wildman–Crippen LogP) is 2.66. The molecule has 0 saturated heterocycles. The van der Waals surface area contributed by atoms with E-state index in [4.69, 9.17) is 0 Å². The number of hydrogen-bond acceptors (Lipinski definition) is 1. The first-order valence-electron chi connectivity index (χ1n) is 4.89. The van der Waals surface area contributed by atoms with Crippen LogP contribution in [0, 0.1) is 6.92 Å². The van der Waals surface area contributed by atoms with E-state index in [0.717, 1.165) is 12.1 Å². The summed E-state index contributed by atoms with van der Waals surface area (Å²) in [4.78, 5) is 0. The molecular formula is C11H12F3N. The van der Waals surface area contributed by atoms with Crippen LogP contribution < -0.4 is 5.32 Å². The first-order valence-corrected chi connectivity index (χ1v) is 4.89. The summed E-state index contributed by atoms with van der Waals surface area (Å²) in [5, 5.41) is 2.97. The van der Waals surface area contributed by atoms with E-state index in [1.807, 2.05) is 6.07 Å². The molecule has 1 aromatic rings. The van der Waals surface area contributed by atoms with Crippen LogP contribution in [0.25, 0.3) is 0 Å². The molecule has 1 aliphatic heterocycles. The molecule has 0 spiro atoms. The fraction of sp³-hybridized carbons (Fsp3) is 0.455. The Hall–Kier alpha value is -1.03. The van der Waals surface area contributed by atoms with E-state index in [2.05, 4.69) is 5.32 Å². The minimum Gasteiger partial charge on any atom is -0.312 e. The monoisotopic (exact) mass is 215 g/mol. The fourth-order valence-electron chi connectivity index (χ4n) is 2.01. The Morgan fingerprint density at radius 2 is 2.00 bits per heavy atom. The highest BCUT2D eigenvalue weighted by Crippen LogP contribution is 2.35. The second-order valence-corrected chi connectivity index (χ2v) is 3.87. The van der Waals surface area contributed by atoms with E-state index in [0.29, 0.717) is 24.1 Å². The molecule has 1 heterocycles. The average molecular weight is 215 g/mol. The molecule has 4 heteroatoms. The minimum absolute atomic E-state index is 0.324. The lowest BCUT2D eigenvalue weighted by molar-refractivity contribution is -0.138. The standard InChI is InChI=1S/C11H12F3N/c1-7-4-8-2-3-15-6-9(8)10(5-7)11(12,13)14/h4-5,15H,2-3,6H2,1H3. The largest absolute Gasteiger partial charge is 0.416 e. The maximum atomic E-state index is 12.7. The maximum absolute atomic E-state index is 12.7. The van der Waals surface area contributed by atoms with Crippen LogP contribution in [0.3, 0.4) is 0 Å². The molecule has 2 rings (SSSR count). The van der Waals surface area contributed by atoms with Crippen LogP contribution in [0.1, 0.15) is 22.3 Å². The molecule has 0 unspecified atom stereocenters. The highest BCUT2D eigenvalue weighted by Gasteiger charge is 2.34. The van der Waals surface area contributed by atoms with E-state index in [1.165, 1.54) is 6.07 Å². The summed E-state index contributed by atoms with van der Waals surface area (Å²) in [6, 6.07) is 3.08. The molecular weight excluding hydrogens is 203 g/mol. The summed E-state index contributed by atoms with van der Waals surface area (Å²) < 4.78 is 38.2. The summed E-state index contributed by atoms with van der Waals surface area (Å²) in [5.74, 6) is 0. The predicted molar refractivity (Wildman–Crippen MR) is 51.6 cm³/mol. The van der Waals surface area contributed by atoms with Crippen LogP contribution in [0.5, 0.6) is 0 Å². The molecule has 0 aliphatic carbocycles. The number of aryl methyl sites for hydroxylation is 1. The number of rotatable bonds is 0. The smallest absolute Gasteiger partial charge is 0.312 e. The van der Waals surface area contributed by atoms with Gasteiger partial charge in [-0.15, -0.1) is 0 Å². The van der Waals surface area contributed by atoms with Gasteiger partial charge in [-0.2, -0.15) is 13.2 Å². The number of benzene rings is 1. The lowest BCUT2D eigenvalue weighted by Crippen LogP contribution is -2.26. The Balaban J connectivity index is 2.58. The van der Waals surface area contributed by atoms with Gasteiger partial charge in [-0.25, -0.2) is 0 Å². The minimum atomic E-state index is -4.24. The van der Waals surface area contributed by atoms with Gasteiger partial charge in [0.05, 0.1) is 5.56 Å². The van der Waals surface area contributed by atoms with Crippen molar-refractivity contribution in [3.63, 3.8) is 0 Å². The molecule has 82 valence electrons. The van der Waals surface area contributed by atoms with Crippen molar-refractivity contribution in [3.8, 4) is 0 Å².